The Bertz CT molecular complexity index is 461. The van der Waals surface area contributed by atoms with E-state index in [0.717, 1.165) is 17.6 Å². The lowest BCUT2D eigenvalue weighted by Crippen LogP contribution is -1.98. The van der Waals surface area contributed by atoms with E-state index in [1.807, 2.05) is 6.92 Å². The highest BCUT2D eigenvalue weighted by molar-refractivity contribution is 5.80. The van der Waals surface area contributed by atoms with Gasteiger partial charge in [-0.3, -0.25) is 4.79 Å². The first-order chi connectivity index (χ1) is 7.08. The number of fused-ring (bicyclic) bond motifs is 1. The highest BCUT2D eigenvalue weighted by Crippen LogP contribution is 2.33. The molecule has 0 N–H and O–H groups in total. The molecule has 2 rings (SSSR count). The monoisotopic (exact) mass is 206 g/mol. The van der Waals surface area contributed by atoms with Gasteiger partial charge in [-0.2, -0.15) is 0 Å². The minimum absolute atomic E-state index is 0.312. The van der Waals surface area contributed by atoms with Gasteiger partial charge in [0.15, 0.2) is 0 Å². The van der Waals surface area contributed by atoms with E-state index in [9.17, 15) is 9.18 Å². The van der Waals surface area contributed by atoms with Crippen LogP contribution in [-0.2, 0) is 16.0 Å². The largest absolute Gasteiger partial charge is 0.426 e. The van der Waals surface area contributed by atoms with Crippen molar-refractivity contribution in [2.75, 3.05) is 0 Å². The van der Waals surface area contributed by atoms with Crippen LogP contribution in [0.25, 0.3) is 5.76 Å². The Hall–Kier alpha value is -1.64. The number of ether oxygens (including phenoxy) is 1. The Morgan fingerprint density at radius 1 is 1.47 bits per heavy atom. The first-order valence-corrected chi connectivity index (χ1v) is 4.75. The Morgan fingerprint density at radius 2 is 2.20 bits per heavy atom. The van der Waals surface area contributed by atoms with Crippen LogP contribution in [0, 0.1) is 5.82 Å². The number of carbonyl (C=O) groups excluding carboxylic acids is 1. The third kappa shape index (κ3) is 1.77. The molecular weight excluding hydrogens is 195 g/mol. The highest BCUT2D eigenvalue weighted by Gasteiger charge is 2.21. The molecule has 0 fully saturated rings. The summed E-state index contributed by atoms with van der Waals surface area (Å²) in [6.45, 7) is 3.23. The summed E-state index contributed by atoms with van der Waals surface area (Å²) in [4.78, 5) is 10.9. The zero-order valence-electron chi connectivity index (χ0n) is 8.63. The van der Waals surface area contributed by atoms with E-state index in [1.165, 1.54) is 19.1 Å². The van der Waals surface area contributed by atoms with E-state index in [0.29, 0.717) is 11.3 Å². The summed E-state index contributed by atoms with van der Waals surface area (Å²) in [5.41, 5.74) is 2.67. The van der Waals surface area contributed by atoms with Crippen molar-refractivity contribution in [2.24, 2.45) is 0 Å². The van der Waals surface area contributed by atoms with Crippen LogP contribution in [0.15, 0.2) is 23.8 Å². The molecule has 0 aromatic heterocycles. The first kappa shape index (κ1) is 9.90. The van der Waals surface area contributed by atoms with Crippen molar-refractivity contribution >= 4 is 11.7 Å². The van der Waals surface area contributed by atoms with Gasteiger partial charge in [0.25, 0.3) is 0 Å². The molecule has 0 radical (unpaired) electrons. The van der Waals surface area contributed by atoms with Crippen molar-refractivity contribution in [3.05, 3.63) is 40.7 Å². The first-order valence-electron chi connectivity index (χ1n) is 4.75. The minimum atomic E-state index is -0.374. The quantitative estimate of drug-likeness (QED) is 0.660. The molecule has 0 saturated carbocycles. The van der Waals surface area contributed by atoms with Crippen molar-refractivity contribution in [3.63, 3.8) is 0 Å². The fraction of sp³-hybridized carbons (Fsp3) is 0.250. The summed E-state index contributed by atoms with van der Waals surface area (Å²) < 4.78 is 18.1. The number of hydrogen-bond acceptors (Lipinski definition) is 2. The number of halogens is 1. The normalized spacial score (nSPS) is 14.1. The minimum Gasteiger partial charge on any atom is -0.426 e. The fourth-order valence-corrected chi connectivity index (χ4v) is 1.80. The van der Waals surface area contributed by atoms with Gasteiger partial charge >= 0.3 is 5.97 Å². The lowest BCUT2D eigenvalue weighted by Gasteiger charge is -2.05. The molecule has 0 unspecified atom stereocenters. The molecule has 0 heterocycles. The van der Waals surface area contributed by atoms with Gasteiger partial charge in [-0.15, -0.1) is 0 Å². The van der Waals surface area contributed by atoms with Crippen molar-refractivity contribution in [1.29, 1.82) is 0 Å². The van der Waals surface area contributed by atoms with Crippen LogP contribution < -0.4 is 0 Å². The second-order valence-corrected chi connectivity index (χ2v) is 3.68. The van der Waals surface area contributed by atoms with Gasteiger partial charge < -0.3 is 4.74 Å². The molecule has 0 atom stereocenters. The Morgan fingerprint density at radius 3 is 2.87 bits per heavy atom. The molecular formula is C12H11FO2. The predicted molar refractivity (Wildman–Crippen MR) is 54.5 cm³/mol. The SMILES string of the molecule is CC(=O)OC1=C(C)Cc2ccc(F)cc21. The second-order valence-electron chi connectivity index (χ2n) is 3.68. The number of allylic oxidation sites excluding steroid dienone is 1. The summed E-state index contributed by atoms with van der Waals surface area (Å²) in [6.07, 6.45) is 0.720. The van der Waals surface area contributed by atoms with Crippen LogP contribution in [0.5, 0.6) is 0 Å². The van der Waals surface area contributed by atoms with Crippen molar-refractivity contribution in [2.45, 2.75) is 20.3 Å². The number of esters is 1. The standard InChI is InChI=1S/C12H11FO2/c1-7-5-9-3-4-10(13)6-11(9)12(7)15-8(2)14/h3-4,6H,5H2,1-2H3. The van der Waals surface area contributed by atoms with Crippen LogP contribution in [0.4, 0.5) is 4.39 Å². The van der Waals surface area contributed by atoms with Gasteiger partial charge in [0.2, 0.25) is 0 Å². The molecule has 0 aliphatic heterocycles. The molecule has 1 aromatic carbocycles. The topological polar surface area (TPSA) is 26.3 Å². The van der Waals surface area contributed by atoms with Crippen LogP contribution in [0.3, 0.4) is 0 Å². The second kappa shape index (κ2) is 3.50. The molecule has 3 heteroatoms. The summed E-state index contributed by atoms with van der Waals surface area (Å²) in [6, 6.07) is 4.55. The maximum absolute atomic E-state index is 13.0. The van der Waals surface area contributed by atoms with Crippen molar-refractivity contribution in [3.8, 4) is 0 Å². The van der Waals surface area contributed by atoms with Gasteiger partial charge in [-0.1, -0.05) is 6.07 Å². The third-order valence-corrected chi connectivity index (χ3v) is 2.41. The maximum atomic E-state index is 13.0. The number of benzene rings is 1. The lowest BCUT2D eigenvalue weighted by molar-refractivity contribution is -0.134. The zero-order valence-corrected chi connectivity index (χ0v) is 8.63. The van der Waals surface area contributed by atoms with Gasteiger partial charge in [0, 0.05) is 12.5 Å². The molecule has 0 bridgehead atoms. The summed E-state index contributed by atoms with van der Waals surface area (Å²) >= 11 is 0. The summed E-state index contributed by atoms with van der Waals surface area (Å²) in [5.74, 6) is -0.174. The molecule has 0 spiro atoms. The molecule has 15 heavy (non-hydrogen) atoms. The van der Waals surface area contributed by atoms with Crippen LogP contribution in [0.1, 0.15) is 25.0 Å². The number of rotatable bonds is 1. The van der Waals surface area contributed by atoms with Crippen molar-refractivity contribution < 1.29 is 13.9 Å². The number of hydrogen-bond donors (Lipinski definition) is 0. The highest BCUT2D eigenvalue weighted by atomic mass is 19.1. The van der Waals surface area contributed by atoms with Crippen LogP contribution >= 0.6 is 0 Å². The lowest BCUT2D eigenvalue weighted by atomic mass is 10.1. The average Bonchev–Trinajstić information content (AvgIpc) is 2.43. The molecule has 1 aliphatic rings. The van der Waals surface area contributed by atoms with E-state index in [1.54, 1.807) is 6.07 Å². The van der Waals surface area contributed by atoms with E-state index in [-0.39, 0.29) is 11.8 Å². The van der Waals surface area contributed by atoms with Crippen LogP contribution in [-0.4, -0.2) is 5.97 Å². The third-order valence-electron chi connectivity index (χ3n) is 2.41. The predicted octanol–water partition coefficient (Wildman–Crippen LogP) is 2.68. The molecule has 0 saturated heterocycles. The number of carbonyl (C=O) groups is 1. The molecule has 0 amide bonds. The Balaban J connectivity index is 2.45. The van der Waals surface area contributed by atoms with E-state index in [2.05, 4.69) is 0 Å². The average molecular weight is 206 g/mol. The van der Waals surface area contributed by atoms with E-state index in [4.69, 9.17) is 4.74 Å². The van der Waals surface area contributed by atoms with Gasteiger partial charge in [-0.05, 0) is 36.6 Å². The maximum Gasteiger partial charge on any atom is 0.308 e. The molecule has 78 valence electrons. The van der Waals surface area contributed by atoms with E-state index >= 15 is 0 Å². The molecule has 2 nitrogen and oxygen atoms in total. The Kier molecular flexibility index (Phi) is 2.31. The van der Waals surface area contributed by atoms with Gasteiger partial charge in [-0.25, -0.2) is 4.39 Å². The Labute approximate surface area is 87.4 Å². The summed E-state index contributed by atoms with van der Waals surface area (Å²) in [5, 5.41) is 0. The molecule has 1 aliphatic carbocycles. The molecule has 1 aromatic rings. The summed E-state index contributed by atoms with van der Waals surface area (Å²) in [7, 11) is 0. The van der Waals surface area contributed by atoms with Crippen LogP contribution in [0.2, 0.25) is 0 Å². The van der Waals surface area contributed by atoms with Crippen molar-refractivity contribution in [1.82, 2.24) is 0 Å². The van der Waals surface area contributed by atoms with E-state index < -0.39 is 0 Å². The smallest absolute Gasteiger partial charge is 0.308 e. The van der Waals surface area contributed by atoms with Gasteiger partial charge in [0.05, 0.1) is 0 Å². The van der Waals surface area contributed by atoms with Gasteiger partial charge in [0.1, 0.15) is 11.6 Å². The zero-order chi connectivity index (χ0) is 11.0. The fourth-order valence-electron chi connectivity index (χ4n) is 1.80.